The first-order valence-electron chi connectivity index (χ1n) is 6.71. The van der Waals surface area contributed by atoms with E-state index in [0.29, 0.717) is 5.54 Å². The van der Waals surface area contributed by atoms with Crippen LogP contribution in [-0.4, -0.2) is 28.0 Å². The highest BCUT2D eigenvalue weighted by Gasteiger charge is 2.39. The molecular weight excluding hydrogens is 242 g/mol. The van der Waals surface area contributed by atoms with Gasteiger partial charge in [0.1, 0.15) is 0 Å². The molecule has 1 aromatic heterocycles. The normalized spacial score (nSPS) is 23.7. The summed E-state index contributed by atoms with van der Waals surface area (Å²) in [6.07, 6.45) is 10.1. The molecule has 3 rings (SSSR count). The van der Waals surface area contributed by atoms with E-state index in [1.165, 1.54) is 37.0 Å². The van der Waals surface area contributed by atoms with Crippen LogP contribution in [0.3, 0.4) is 0 Å². The van der Waals surface area contributed by atoms with E-state index in [0.717, 1.165) is 18.1 Å². The molecule has 0 aromatic carbocycles. The summed E-state index contributed by atoms with van der Waals surface area (Å²) in [6.45, 7) is 0.870. The number of nitrogens with zero attached hydrogens (tertiary/aromatic N) is 2. The molecule has 0 amide bonds. The lowest BCUT2D eigenvalue weighted by molar-refractivity contribution is 0.452. The van der Waals surface area contributed by atoms with Gasteiger partial charge in [-0.2, -0.15) is 0 Å². The number of nitrogens with one attached hydrogen (secondary N) is 1. The standard InChI is InChI=1S/C14H19N3S/c1-2-7-14(6-1)11-18-13(17-14)16-10-5-12-3-8-15-9-4-12/h3-4,8-9H,1-2,5-7,10-11H2,(H,16,17). The van der Waals surface area contributed by atoms with Crippen molar-refractivity contribution in [2.75, 3.05) is 12.3 Å². The second-order valence-corrected chi connectivity index (χ2v) is 6.16. The second kappa shape index (κ2) is 5.31. The Hall–Kier alpha value is -1.03. The monoisotopic (exact) mass is 261 g/mol. The number of hydrogen-bond donors (Lipinski definition) is 1. The second-order valence-electron chi connectivity index (χ2n) is 5.19. The molecule has 3 nitrogen and oxygen atoms in total. The van der Waals surface area contributed by atoms with Crippen molar-refractivity contribution < 1.29 is 0 Å². The number of amidine groups is 1. The quantitative estimate of drug-likeness (QED) is 0.909. The van der Waals surface area contributed by atoms with Gasteiger partial charge in [0.05, 0.1) is 0 Å². The van der Waals surface area contributed by atoms with Crippen LogP contribution in [0.25, 0.3) is 0 Å². The molecule has 0 atom stereocenters. The zero-order valence-electron chi connectivity index (χ0n) is 10.6. The number of pyridine rings is 1. The minimum absolute atomic E-state index is 0.389. The summed E-state index contributed by atoms with van der Waals surface area (Å²) in [5.41, 5.74) is 1.70. The van der Waals surface area contributed by atoms with Crippen LogP contribution in [-0.2, 0) is 6.42 Å². The summed E-state index contributed by atoms with van der Waals surface area (Å²) in [7, 11) is 0. The van der Waals surface area contributed by atoms with Crippen LogP contribution < -0.4 is 5.32 Å². The van der Waals surface area contributed by atoms with Crippen LogP contribution in [0.4, 0.5) is 0 Å². The molecule has 2 aliphatic rings. The molecule has 1 aliphatic heterocycles. The van der Waals surface area contributed by atoms with Crippen molar-refractivity contribution in [1.29, 1.82) is 0 Å². The molecule has 4 heteroatoms. The molecule has 18 heavy (non-hydrogen) atoms. The molecule has 2 fully saturated rings. The molecule has 1 spiro atoms. The summed E-state index contributed by atoms with van der Waals surface area (Å²) in [5.74, 6) is 1.21. The van der Waals surface area contributed by atoms with Gasteiger partial charge >= 0.3 is 0 Å². The highest BCUT2D eigenvalue weighted by Crippen LogP contribution is 2.37. The van der Waals surface area contributed by atoms with E-state index >= 15 is 0 Å². The summed E-state index contributed by atoms with van der Waals surface area (Å²) in [4.78, 5) is 8.71. The fourth-order valence-electron chi connectivity index (χ4n) is 2.75. The summed E-state index contributed by atoms with van der Waals surface area (Å²) < 4.78 is 0. The van der Waals surface area contributed by atoms with Crippen LogP contribution in [0.1, 0.15) is 31.2 Å². The van der Waals surface area contributed by atoms with E-state index in [4.69, 9.17) is 0 Å². The zero-order chi connectivity index (χ0) is 12.3. The van der Waals surface area contributed by atoms with Crippen molar-refractivity contribution >= 4 is 16.9 Å². The van der Waals surface area contributed by atoms with E-state index in [1.54, 1.807) is 0 Å². The first-order valence-corrected chi connectivity index (χ1v) is 7.69. The third kappa shape index (κ3) is 2.69. The van der Waals surface area contributed by atoms with E-state index in [1.807, 2.05) is 24.2 Å². The fourth-order valence-corrected chi connectivity index (χ4v) is 3.99. The molecule has 0 radical (unpaired) electrons. The number of aliphatic imine (C=N–C) groups is 1. The smallest absolute Gasteiger partial charge is 0.157 e. The maximum atomic E-state index is 4.69. The maximum Gasteiger partial charge on any atom is 0.157 e. The zero-order valence-corrected chi connectivity index (χ0v) is 11.4. The van der Waals surface area contributed by atoms with E-state index in [-0.39, 0.29) is 0 Å². The lowest BCUT2D eigenvalue weighted by Gasteiger charge is -2.21. The van der Waals surface area contributed by atoms with Gasteiger partial charge in [-0.15, -0.1) is 0 Å². The van der Waals surface area contributed by atoms with Gasteiger partial charge in [0.25, 0.3) is 0 Å². The third-order valence-corrected chi connectivity index (χ3v) is 5.02. The number of hydrogen-bond acceptors (Lipinski definition) is 3. The minimum atomic E-state index is 0.389. The number of rotatable bonds is 3. The van der Waals surface area contributed by atoms with Crippen LogP contribution in [0.2, 0.25) is 0 Å². The van der Waals surface area contributed by atoms with Gasteiger partial charge in [0, 0.05) is 30.2 Å². The van der Waals surface area contributed by atoms with Gasteiger partial charge in [-0.25, -0.2) is 0 Å². The summed E-state index contributed by atoms with van der Waals surface area (Å²) in [6, 6.07) is 4.13. The van der Waals surface area contributed by atoms with Crippen molar-refractivity contribution in [3.05, 3.63) is 30.1 Å². The van der Waals surface area contributed by atoms with Crippen molar-refractivity contribution in [1.82, 2.24) is 10.3 Å². The average molecular weight is 261 g/mol. The maximum absolute atomic E-state index is 4.69. The van der Waals surface area contributed by atoms with Crippen LogP contribution in [0.15, 0.2) is 29.5 Å². The van der Waals surface area contributed by atoms with Crippen LogP contribution in [0, 0.1) is 0 Å². The highest BCUT2D eigenvalue weighted by molar-refractivity contribution is 8.14. The van der Waals surface area contributed by atoms with Gasteiger partial charge < -0.3 is 5.32 Å². The van der Waals surface area contributed by atoms with Crippen LogP contribution >= 0.6 is 11.8 Å². The van der Waals surface area contributed by atoms with Gasteiger partial charge in [-0.05, 0) is 37.0 Å². The Labute approximate surface area is 112 Å². The Balaban J connectivity index is 1.52. The molecular formula is C14H19N3S. The topological polar surface area (TPSA) is 37.3 Å². The molecule has 1 aromatic rings. The molecule has 0 unspecified atom stereocenters. The van der Waals surface area contributed by atoms with Gasteiger partial charge in [-0.1, -0.05) is 24.6 Å². The van der Waals surface area contributed by atoms with E-state index < -0.39 is 0 Å². The molecule has 2 heterocycles. The summed E-state index contributed by atoms with van der Waals surface area (Å²) >= 11 is 1.90. The first kappa shape index (κ1) is 12.0. The Bertz CT molecular complexity index is 424. The average Bonchev–Trinajstić information content (AvgIpc) is 3.02. The summed E-state index contributed by atoms with van der Waals surface area (Å²) in [5, 5.41) is 4.81. The molecule has 96 valence electrons. The van der Waals surface area contributed by atoms with Crippen molar-refractivity contribution in [3.63, 3.8) is 0 Å². The number of aromatic nitrogens is 1. The predicted molar refractivity (Wildman–Crippen MR) is 77.0 cm³/mol. The predicted octanol–water partition coefficient (Wildman–Crippen LogP) is 2.63. The van der Waals surface area contributed by atoms with Crippen molar-refractivity contribution in [3.8, 4) is 0 Å². The van der Waals surface area contributed by atoms with Crippen LogP contribution in [0.5, 0.6) is 0 Å². The molecule has 0 bridgehead atoms. The fraction of sp³-hybridized carbons (Fsp3) is 0.571. The Morgan fingerprint density at radius 3 is 2.83 bits per heavy atom. The van der Waals surface area contributed by atoms with Crippen molar-refractivity contribution in [2.24, 2.45) is 4.99 Å². The molecule has 1 saturated heterocycles. The Kier molecular flexibility index (Phi) is 3.55. The van der Waals surface area contributed by atoms with E-state index in [2.05, 4.69) is 27.4 Å². The largest absolute Gasteiger partial charge is 0.359 e. The van der Waals surface area contributed by atoms with E-state index in [9.17, 15) is 0 Å². The highest BCUT2D eigenvalue weighted by atomic mass is 32.2. The van der Waals surface area contributed by atoms with Gasteiger partial charge in [0.15, 0.2) is 5.17 Å². The molecule has 1 aliphatic carbocycles. The number of thioether (sulfide) groups is 1. The van der Waals surface area contributed by atoms with Gasteiger partial charge in [-0.3, -0.25) is 9.98 Å². The third-order valence-electron chi connectivity index (χ3n) is 3.82. The minimum Gasteiger partial charge on any atom is -0.359 e. The Morgan fingerprint density at radius 2 is 2.06 bits per heavy atom. The SMILES string of the molecule is c1cc(CCN=C2NC3(CCCC3)CS2)ccn1. The molecule has 1 saturated carbocycles. The Morgan fingerprint density at radius 1 is 1.28 bits per heavy atom. The van der Waals surface area contributed by atoms with Crippen molar-refractivity contribution in [2.45, 2.75) is 37.6 Å². The lowest BCUT2D eigenvalue weighted by atomic mass is 10.0. The van der Waals surface area contributed by atoms with Gasteiger partial charge in [0.2, 0.25) is 0 Å². The lowest BCUT2D eigenvalue weighted by Crippen LogP contribution is -2.40. The first-order chi connectivity index (χ1) is 8.86. The molecule has 1 N–H and O–H groups in total.